The molecule has 5 nitrogen and oxygen atoms in total. The van der Waals surface area contributed by atoms with Gasteiger partial charge in [-0.05, 0) is 6.92 Å². The molecule has 0 radical (unpaired) electrons. The molecule has 0 atom stereocenters. The van der Waals surface area contributed by atoms with Gasteiger partial charge in [0.15, 0.2) is 5.69 Å². The van der Waals surface area contributed by atoms with Gasteiger partial charge in [0.1, 0.15) is 0 Å². The average molecular weight is 259 g/mol. The van der Waals surface area contributed by atoms with Gasteiger partial charge in [-0.3, -0.25) is 0 Å². The number of hydrogen-bond donors (Lipinski definition) is 0. The van der Waals surface area contributed by atoms with Crippen LogP contribution in [-0.4, -0.2) is 33.7 Å². The highest BCUT2D eigenvalue weighted by Gasteiger charge is 2.60. The van der Waals surface area contributed by atoms with Crippen LogP contribution in [0, 0.1) is 0 Å². The fraction of sp³-hybridized carbons (Fsp3) is 0.571. The molecule has 1 aromatic rings. The average Bonchev–Trinajstić information content (AvgIpc) is 2.65. The van der Waals surface area contributed by atoms with Gasteiger partial charge in [0.2, 0.25) is 0 Å². The van der Waals surface area contributed by atoms with E-state index in [1.165, 1.54) is 6.92 Å². The van der Waals surface area contributed by atoms with Gasteiger partial charge in [-0.2, -0.15) is 26.6 Å². The highest BCUT2D eigenvalue weighted by Crippen LogP contribution is 2.38. The Morgan fingerprint density at radius 1 is 1.41 bits per heavy atom. The molecular weight excluding hydrogens is 253 g/mol. The summed E-state index contributed by atoms with van der Waals surface area (Å²) in [6, 6.07) is -5.23. The third kappa shape index (κ3) is 2.50. The molecule has 0 saturated heterocycles. The van der Waals surface area contributed by atoms with Crippen LogP contribution < -0.4 is 0 Å². The van der Waals surface area contributed by atoms with Gasteiger partial charge < -0.3 is 4.74 Å². The van der Waals surface area contributed by atoms with Crippen molar-refractivity contribution in [1.82, 2.24) is 15.0 Å². The molecular formula is C7H6F5N3O2. The largest absolute Gasteiger partial charge is 0.477 e. The van der Waals surface area contributed by atoms with Crippen LogP contribution in [0.15, 0.2) is 6.20 Å². The number of alkyl halides is 5. The first-order valence-corrected chi connectivity index (χ1v) is 4.24. The van der Waals surface area contributed by atoms with Crippen LogP contribution in [0.4, 0.5) is 22.0 Å². The molecule has 0 aliphatic heterocycles. The fourth-order valence-electron chi connectivity index (χ4n) is 0.830. The summed E-state index contributed by atoms with van der Waals surface area (Å²) in [5.41, 5.74) is -0.726. The minimum atomic E-state index is -5.83. The van der Waals surface area contributed by atoms with Gasteiger partial charge in [-0.1, -0.05) is 5.21 Å². The molecule has 0 saturated carbocycles. The van der Waals surface area contributed by atoms with E-state index in [1.54, 1.807) is 0 Å². The Bertz CT molecular complexity index is 414. The van der Waals surface area contributed by atoms with Gasteiger partial charge >= 0.3 is 18.2 Å². The van der Waals surface area contributed by atoms with Crippen LogP contribution >= 0.6 is 0 Å². The molecule has 0 N–H and O–H groups in total. The summed E-state index contributed by atoms with van der Waals surface area (Å²) in [4.78, 5) is 11.0. The van der Waals surface area contributed by atoms with Crippen LogP contribution in [0.3, 0.4) is 0 Å². The van der Waals surface area contributed by atoms with Crippen LogP contribution in [-0.2, 0) is 10.8 Å². The quantitative estimate of drug-likeness (QED) is 0.610. The molecule has 0 fully saturated rings. The maximum Gasteiger partial charge on any atom is 0.477 e. The number of halogens is 5. The first-order valence-electron chi connectivity index (χ1n) is 4.24. The van der Waals surface area contributed by atoms with Crippen LogP contribution in [0.25, 0.3) is 0 Å². The zero-order valence-corrected chi connectivity index (χ0v) is 8.33. The maximum atomic E-state index is 12.7. The van der Waals surface area contributed by atoms with Gasteiger partial charge in [0.05, 0.1) is 12.8 Å². The van der Waals surface area contributed by atoms with Crippen molar-refractivity contribution in [3.63, 3.8) is 0 Å². The number of ether oxygens (including phenoxy) is 1. The van der Waals surface area contributed by atoms with Crippen molar-refractivity contribution in [2.45, 2.75) is 19.1 Å². The molecule has 0 aromatic carbocycles. The number of hydrogen-bond acceptors (Lipinski definition) is 4. The van der Waals surface area contributed by atoms with E-state index >= 15 is 0 Å². The standard InChI is InChI=1S/C7H6F5N3O2/c1-2-17-5(16)4-3-15(14-13-4)7(11,12)6(8,9)10/h3H,2H2,1H3. The minimum Gasteiger partial charge on any atom is -0.461 e. The molecule has 0 aliphatic rings. The number of carbonyl (C=O) groups is 1. The zero-order chi connectivity index (χ0) is 13.3. The number of nitrogens with zero attached hydrogens (tertiary/aromatic N) is 3. The van der Waals surface area contributed by atoms with Crippen molar-refractivity contribution in [3.05, 3.63) is 11.9 Å². The van der Waals surface area contributed by atoms with Crippen molar-refractivity contribution in [3.8, 4) is 0 Å². The SMILES string of the molecule is CCOC(=O)c1cn(C(F)(F)C(F)(F)F)nn1. The van der Waals surface area contributed by atoms with E-state index in [0.717, 1.165) is 0 Å². The fourth-order valence-corrected chi connectivity index (χ4v) is 0.830. The van der Waals surface area contributed by atoms with Gasteiger partial charge in [0, 0.05) is 0 Å². The van der Waals surface area contributed by atoms with Gasteiger partial charge in [-0.15, -0.1) is 5.10 Å². The molecule has 0 amide bonds. The Balaban J connectivity index is 2.99. The summed E-state index contributed by atoms with van der Waals surface area (Å²) in [6.07, 6.45) is -5.65. The second kappa shape index (κ2) is 4.26. The first kappa shape index (κ1) is 13.3. The van der Waals surface area contributed by atoms with Crippen molar-refractivity contribution < 1.29 is 31.5 Å². The third-order valence-electron chi connectivity index (χ3n) is 1.61. The Hall–Kier alpha value is -1.74. The Morgan fingerprint density at radius 3 is 2.47 bits per heavy atom. The number of esters is 1. The molecule has 10 heteroatoms. The molecule has 0 aliphatic carbocycles. The summed E-state index contributed by atoms with van der Waals surface area (Å²) in [5, 5.41) is 5.43. The van der Waals surface area contributed by atoms with E-state index in [-0.39, 0.29) is 12.8 Å². The highest BCUT2D eigenvalue weighted by molar-refractivity contribution is 5.86. The van der Waals surface area contributed by atoms with E-state index < -0.39 is 28.6 Å². The topological polar surface area (TPSA) is 57.0 Å². The predicted octanol–water partition coefficient (Wildman–Crippen LogP) is 1.57. The summed E-state index contributed by atoms with van der Waals surface area (Å²) in [5.74, 6) is -1.13. The lowest BCUT2D eigenvalue weighted by atomic mass is 10.4. The van der Waals surface area contributed by atoms with E-state index in [0.29, 0.717) is 0 Å². The first-order chi connectivity index (χ1) is 7.70. The van der Waals surface area contributed by atoms with Crippen molar-refractivity contribution in [2.75, 3.05) is 6.61 Å². The predicted molar refractivity (Wildman–Crippen MR) is 42.2 cm³/mol. The number of aromatic nitrogens is 3. The van der Waals surface area contributed by atoms with Gasteiger partial charge in [0.25, 0.3) is 0 Å². The minimum absolute atomic E-state index is 0.0681. The Labute approximate surface area is 91.2 Å². The molecule has 0 bridgehead atoms. The van der Waals surface area contributed by atoms with Gasteiger partial charge in [-0.25, -0.2) is 4.79 Å². The second-order valence-corrected chi connectivity index (χ2v) is 2.81. The molecule has 0 unspecified atom stereocenters. The van der Waals surface area contributed by atoms with Crippen molar-refractivity contribution in [1.29, 1.82) is 0 Å². The zero-order valence-electron chi connectivity index (χ0n) is 8.33. The molecule has 1 heterocycles. The highest BCUT2D eigenvalue weighted by atomic mass is 19.4. The normalized spacial score (nSPS) is 12.6. The lowest BCUT2D eigenvalue weighted by Crippen LogP contribution is -2.40. The third-order valence-corrected chi connectivity index (χ3v) is 1.61. The molecule has 17 heavy (non-hydrogen) atoms. The van der Waals surface area contributed by atoms with Crippen molar-refractivity contribution in [2.24, 2.45) is 0 Å². The smallest absolute Gasteiger partial charge is 0.461 e. The maximum absolute atomic E-state index is 12.7. The Morgan fingerprint density at radius 2 is 2.00 bits per heavy atom. The van der Waals surface area contributed by atoms with Crippen LogP contribution in [0.1, 0.15) is 17.4 Å². The summed E-state index contributed by atoms with van der Waals surface area (Å²) in [6.45, 7) is 1.37. The van der Waals surface area contributed by atoms with E-state index in [9.17, 15) is 26.7 Å². The summed E-state index contributed by atoms with van der Waals surface area (Å²) in [7, 11) is 0. The van der Waals surface area contributed by atoms with E-state index in [2.05, 4.69) is 15.0 Å². The van der Waals surface area contributed by atoms with Crippen LogP contribution in [0.5, 0.6) is 0 Å². The molecule has 96 valence electrons. The molecule has 0 spiro atoms. The van der Waals surface area contributed by atoms with E-state index in [4.69, 9.17) is 0 Å². The van der Waals surface area contributed by atoms with Crippen molar-refractivity contribution >= 4 is 5.97 Å². The monoisotopic (exact) mass is 259 g/mol. The lowest BCUT2D eigenvalue weighted by molar-refractivity contribution is -0.328. The van der Waals surface area contributed by atoms with Crippen LogP contribution in [0.2, 0.25) is 0 Å². The number of rotatable bonds is 3. The summed E-state index contributed by atoms with van der Waals surface area (Å²) < 4.78 is 64.8. The summed E-state index contributed by atoms with van der Waals surface area (Å²) >= 11 is 0. The second-order valence-electron chi connectivity index (χ2n) is 2.81. The molecule has 1 aromatic heterocycles. The lowest BCUT2D eigenvalue weighted by Gasteiger charge is -2.18. The van der Waals surface area contributed by atoms with E-state index in [1.807, 2.05) is 0 Å². The number of carbonyl (C=O) groups excluding carboxylic acids is 1. The Kier molecular flexibility index (Phi) is 3.34. The molecule has 1 rings (SSSR count).